The molecule has 0 radical (unpaired) electrons. The Bertz CT molecular complexity index is 501. The minimum atomic E-state index is -0.435. The lowest BCUT2D eigenvalue weighted by Gasteiger charge is -2.50. The van der Waals surface area contributed by atoms with Crippen LogP contribution < -0.4 is 0 Å². The Morgan fingerprint density at radius 1 is 1.24 bits per heavy atom. The standard InChI is InChI=1S/C17H23NO3/c1-12-6-8-13(9-7-12)15(19)21-14-10-16(2,3)18(20)17(4,5)11-14/h6,8,14,20H,10-11H2,1-5H3. The molecule has 0 saturated carbocycles. The summed E-state index contributed by atoms with van der Waals surface area (Å²) in [5, 5.41) is 11.6. The number of hydrogen-bond donors (Lipinski definition) is 1. The van der Waals surface area contributed by atoms with E-state index in [1.807, 2.05) is 40.7 Å². The number of hydroxylamine groups is 2. The predicted octanol–water partition coefficient (Wildman–Crippen LogP) is 3.16. The van der Waals surface area contributed by atoms with Gasteiger partial charge in [0.15, 0.2) is 0 Å². The number of aryl methyl sites for hydroxylation is 1. The quantitative estimate of drug-likeness (QED) is 0.850. The molecule has 2 rings (SSSR count). The zero-order valence-electron chi connectivity index (χ0n) is 13.4. The fourth-order valence-electron chi connectivity index (χ4n) is 3.05. The molecule has 1 aliphatic heterocycles. The molecule has 1 N–H and O–H groups in total. The van der Waals surface area contributed by atoms with Gasteiger partial charge in [0.25, 0.3) is 0 Å². The van der Waals surface area contributed by atoms with Gasteiger partial charge < -0.3 is 9.94 Å². The second-order valence-corrected chi connectivity index (χ2v) is 7.05. The maximum absolute atomic E-state index is 12.2. The zero-order chi connectivity index (χ0) is 15.8. The molecule has 4 heteroatoms. The summed E-state index contributed by atoms with van der Waals surface area (Å²) < 4.78 is 5.61. The highest BCUT2D eigenvalue weighted by Gasteiger charge is 2.46. The first kappa shape index (κ1) is 15.8. The summed E-state index contributed by atoms with van der Waals surface area (Å²) in [6.45, 7) is 9.68. The minimum absolute atomic E-state index is 0.222. The SMILES string of the molecule is Cc1c#cc(C(=O)OC2CC(C)(C)N(O)C(C)(C)C2)cc1. The number of nitrogens with zero attached hydrogens (tertiary/aromatic N) is 1. The number of hydrogen-bond acceptors (Lipinski definition) is 4. The van der Waals surface area contributed by atoms with Gasteiger partial charge in [-0.05, 0) is 52.3 Å². The molecule has 1 fully saturated rings. The van der Waals surface area contributed by atoms with E-state index in [2.05, 4.69) is 12.1 Å². The van der Waals surface area contributed by atoms with E-state index in [1.165, 1.54) is 5.06 Å². The van der Waals surface area contributed by atoms with E-state index in [0.717, 1.165) is 5.56 Å². The zero-order valence-corrected chi connectivity index (χ0v) is 13.4. The van der Waals surface area contributed by atoms with E-state index in [0.29, 0.717) is 18.4 Å². The Labute approximate surface area is 126 Å². The van der Waals surface area contributed by atoms with Crippen molar-refractivity contribution < 1.29 is 14.7 Å². The second-order valence-electron chi connectivity index (χ2n) is 7.05. The average molecular weight is 289 g/mol. The van der Waals surface area contributed by atoms with Crippen LogP contribution in [-0.2, 0) is 4.74 Å². The van der Waals surface area contributed by atoms with Crippen LogP contribution in [0.1, 0.15) is 56.5 Å². The third kappa shape index (κ3) is 3.37. The molecule has 1 heterocycles. The molecule has 21 heavy (non-hydrogen) atoms. The third-order valence-corrected chi connectivity index (χ3v) is 3.99. The lowest BCUT2D eigenvalue weighted by Crippen LogP contribution is -2.60. The lowest BCUT2D eigenvalue weighted by molar-refractivity contribution is -0.256. The van der Waals surface area contributed by atoms with Crippen LogP contribution >= 0.6 is 0 Å². The molecule has 0 aliphatic carbocycles. The largest absolute Gasteiger partial charge is 0.458 e. The fraction of sp³-hybridized carbons (Fsp3) is 0.588. The first-order valence-corrected chi connectivity index (χ1v) is 7.23. The van der Waals surface area contributed by atoms with Gasteiger partial charge in [-0.15, -0.1) is 0 Å². The van der Waals surface area contributed by atoms with E-state index < -0.39 is 11.1 Å². The molecule has 1 aromatic rings. The van der Waals surface area contributed by atoms with Crippen molar-refractivity contribution in [1.29, 1.82) is 0 Å². The monoisotopic (exact) mass is 289 g/mol. The van der Waals surface area contributed by atoms with Crippen molar-refractivity contribution in [3.8, 4) is 0 Å². The van der Waals surface area contributed by atoms with Gasteiger partial charge in [-0.25, -0.2) is 4.79 Å². The molecule has 4 nitrogen and oxygen atoms in total. The summed E-state index contributed by atoms with van der Waals surface area (Å²) in [6.07, 6.45) is 0.961. The highest BCUT2D eigenvalue weighted by molar-refractivity contribution is 5.88. The van der Waals surface area contributed by atoms with Crippen molar-refractivity contribution >= 4 is 5.97 Å². The Kier molecular flexibility index (Phi) is 4.01. The maximum atomic E-state index is 12.2. The molecule has 1 aliphatic rings. The summed E-state index contributed by atoms with van der Waals surface area (Å²) in [5.74, 6) is -0.380. The molecule has 0 bridgehead atoms. The van der Waals surface area contributed by atoms with Crippen LogP contribution in [0, 0.1) is 19.1 Å². The van der Waals surface area contributed by atoms with Gasteiger partial charge in [-0.2, -0.15) is 5.06 Å². The first-order chi connectivity index (χ1) is 9.62. The Morgan fingerprint density at radius 3 is 2.29 bits per heavy atom. The molecule has 0 aromatic heterocycles. The smallest absolute Gasteiger partial charge is 0.346 e. The van der Waals surface area contributed by atoms with Crippen molar-refractivity contribution in [3.05, 3.63) is 35.4 Å². The van der Waals surface area contributed by atoms with Gasteiger partial charge in [-0.3, -0.25) is 0 Å². The molecule has 0 spiro atoms. The van der Waals surface area contributed by atoms with Gasteiger partial charge in [0, 0.05) is 23.9 Å². The predicted molar refractivity (Wildman–Crippen MR) is 79.1 cm³/mol. The molecule has 114 valence electrons. The van der Waals surface area contributed by atoms with E-state index in [4.69, 9.17) is 4.74 Å². The molecule has 0 atom stereocenters. The molecular formula is C17H23NO3. The van der Waals surface area contributed by atoms with E-state index in [1.54, 1.807) is 6.07 Å². The topological polar surface area (TPSA) is 49.8 Å². The molecule has 1 aromatic carbocycles. The Morgan fingerprint density at radius 2 is 1.81 bits per heavy atom. The van der Waals surface area contributed by atoms with Gasteiger partial charge in [-0.1, -0.05) is 12.1 Å². The summed E-state index contributed by atoms with van der Waals surface area (Å²) in [7, 11) is 0. The Hall–Kier alpha value is -1.57. The summed E-state index contributed by atoms with van der Waals surface area (Å²) in [5.41, 5.74) is 0.455. The van der Waals surface area contributed by atoms with Crippen LogP contribution in [-0.4, -0.2) is 33.4 Å². The number of piperidine rings is 1. The average Bonchev–Trinajstić information content (AvgIpc) is 2.36. The van der Waals surface area contributed by atoms with Gasteiger partial charge in [0.05, 0.1) is 0 Å². The lowest BCUT2D eigenvalue weighted by atomic mass is 9.80. The van der Waals surface area contributed by atoms with Gasteiger partial charge in [0.2, 0.25) is 0 Å². The van der Waals surface area contributed by atoms with Gasteiger partial charge >= 0.3 is 5.97 Å². The molecule has 1 saturated heterocycles. The summed E-state index contributed by atoms with van der Waals surface area (Å²) in [4.78, 5) is 12.2. The van der Waals surface area contributed by atoms with Crippen molar-refractivity contribution in [2.24, 2.45) is 0 Å². The van der Waals surface area contributed by atoms with Crippen LogP contribution in [0.25, 0.3) is 0 Å². The normalized spacial score (nSPS) is 21.6. The van der Waals surface area contributed by atoms with Crippen molar-refractivity contribution in [2.75, 3.05) is 0 Å². The molecule has 0 unspecified atom stereocenters. The Balaban J connectivity index is 2.09. The van der Waals surface area contributed by atoms with Crippen molar-refractivity contribution in [2.45, 2.75) is 64.6 Å². The van der Waals surface area contributed by atoms with Crippen LogP contribution in [0.5, 0.6) is 0 Å². The van der Waals surface area contributed by atoms with E-state index in [9.17, 15) is 10.0 Å². The summed E-state index contributed by atoms with van der Waals surface area (Å²) >= 11 is 0. The fourth-order valence-corrected chi connectivity index (χ4v) is 3.05. The van der Waals surface area contributed by atoms with E-state index in [-0.39, 0.29) is 12.1 Å². The molecular weight excluding hydrogens is 266 g/mol. The molecule has 0 amide bonds. The maximum Gasteiger partial charge on any atom is 0.346 e. The number of esters is 1. The highest BCUT2D eigenvalue weighted by atomic mass is 16.5. The highest BCUT2D eigenvalue weighted by Crippen LogP contribution is 2.38. The van der Waals surface area contributed by atoms with Crippen molar-refractivity contribution in [3.63, 3.8) is 0 Å². The van der Waals surface area contributed by atoms with Crippen LogP contribution in [0.15, 0.2) is 12.1 Å². The van der Waals surface area contributed by atoms with Crippen LogP contribution in [0.4, 0.5) is 0 Å². The van der Waals surface area contributed by atoms with Crippen LogP contribution in [0.3, 0.4) is 0 Å². The second kappa shape index (κ2) is 5.32. The van der Waals surface area contributed by atoms with Crippen LogP contribution in [0.2, 0.25) is 0 Å². The number of ether oxygens (including phenoxy) is 1. The number of rotatable bonds is 2. The third-order valence-electron chi connectivity index (χ3n) is 3.99. The summed E-state index contributed by atoms with van der Waals surface area (Å²) in [6, 6.07) is 9.22. The minimum Gasteiger partial charge on any atom is -0.458 e. The first-order valence-electron chi connectivity index (χ1n) is 7.23. The van der Waals surface area contributed by atoms with E-state index >= 15 is 0 Å². The number of carbonyl (C=O) groups is 1. The van der Waals surface area contributed by atoms with Crippen molar-refractivity contribution in [1.82, 2.24) is 5.06 Å². The van der Waals surface area contributed by atoms with Gasteiger partial charge in [0.1, 0.15) is 11.7 Å². The number of carbonyl (C=O) groups excluding carboxylic acids is 1.